The van der Waals surface area contributed by atoms with E-state index in [4.69, 9.17) is 4.74 Å². The molecule has 1 aromatic carbocycles. The van der Waals surface area contributed by atoms with Gasteiger partial charge in [0.15, 0.2) is 0 Å². The topological polar surface area (TPSA) is 88.6 Å². The summed E-state index contributed by atoms with van der Waals surface area (Å²) >= 11 is 0. The fraction of sp³-hybridized carbons (Fsp3) is 0.222. The highest BCUT2D eigenvalue weighted by Gasteiger charge is 2.40. The summed E-state index contributed by atoms with van der Waals surface area (Å²) in [5.74, 6) is -0.930. The van der Waals surface area contributed by atoms with Crippen molar-refractivity contribution in [2.75, 3.05) is 7.11 Å². The second-order valence-corrected chi connectivity index (χ2v) is 5.59. The van der Waals surface area contributed by atoms with Gasteiger partial charge < -0.3 is 10.1 Å². The number of ether oxygens (including phenoxy) is 1. The molecule has 2 aromatic rings. The lowest BCUT2D eigenvalue weighted by molar-refractivity contribution is -0.124. The molecule has 1 aromatic heterocycles. The first-order valence-electron chi connectivity index (χ1n) is 7.77. The third kappa shape index (κ3) is 2.96. The van der Waals surface area contributed by atoms with Crippen LogP contribution in [0.1, 0.15) is 33.2 Å². The number of hydrogen-bond donors (Lipinski definition) is 1. The van der Waals surface area contributed by atoms with Gasteiger partial charge in [-0.15, -0.1) is 0 Å². The molecule has 0 bridgehead atoms. The van der Waals surface area contributed by atoms with Crippen LogP contribution in [-0.2, 0) is 11.3 Å². The first-order chi connectivity index (χ1) is 12.0. The zero-order chi connectivity index (χ0) is 18.0. The number of hydrogen-bond acceptors (Lipinski definition) is 5. The molecule has 1 atom stereocenters. The van der Waals surface area contributed by atoms with Gasteiger partial charge in [-0.3, -0.25) is 19.3 Å². The van der Waals surface area contributed by atoms with Gasteiger partial charge in [-0.05, 0) is 25.1 Å². The number of nitrogens with one attached hydrogen (secondary N) is 1. The smallest absolute Gasteiger partial charge is 0.262 e. The minimum atomic E-state index is -0.921. The number of methoxy groups -OCH3 is 1. The minimum absolute atomic E-state index is 0.184. The fourth-order valence-electron chi connectivity index (χ4n) is 2.75. The zero-order valence-electron chi connectivity index (χ0n) is 13.9. The van der Waals surface area contributed by atoms with Gasteiger partial charge in [0, 0.05) is 18.3 Å². The predicted octanol–water partition coefficient (Wildman–Crippen LogP) is 1.39. The van der Waals surface area contributed by atoms with E-state index in [-0.39, 0.29) is 6.54 Å². The van der Waals surface area contributed by atoms with Crippen molar-refractivity contribution in [3.8, 4) is 5.88 Å². The number of imide groups is 1. The van der Waals surface area contributed by atoms with E-state index in [0.717, 1.165) is 4.90 Å². The molecule has 0 saturated carbocycles. The number of pyridine rings is 1. The molecule has 0 aliphatic carbocycles. The largest absolute Gasteiger partial charge is 0.481 e. The van der Waals surface area contributed by atoms with Crippen molar-refractivity contribution in [3.63, 3.8) is 0 Å². The van der Waals surface area contributed by atoms with Gasteiger partial charge in [-0.1, -0.05) is 18.2 Å². The molecule has 0 spiro atoms. The van der Waals surface area contributed by atoms with Crippen LogP contribution < -0.4 is 10.1 Å². The Morgan fingerprint density at radius 3 is 2.40 bits per heavy atom. The average molecular weight is 339 g/mol. The second-order valence-electron chi connectivity index (χ2n) is 5.59. The highest BCUT2D eigenvalue weighted by molar-refractivity contribution is 6.22. The monoisotopic (exact) mass is 339 g/mol. The van der Waals surface area contributed by atoms with Gasteiger partial charge in [-0.2, -0.15) is 0 Å². The molecule has 3 amide bonds. The van der Waals surface area contributed by atoms with E-state index < -0.39 is 23.8 Å². The lowest BCUT2D eigenvalue weighted by Crippen LogP contribution is -2.47. The molecule has 0 radical (unpaired) electrons. The fourth-order valence-corrected chi connectivity index (χ4v) is 2.75. The number of amides is 3. The van der Waals surface area contributed by atoms with Gasteiger partial charge in [0.1, 0.15) is 6.04 Å². The number of carbonyl (C=O) groups excluding carboxylic acids is 3. The Morgan fingerprint density at radius 1 is 1.16 bits per heavy atom. The van der Waals surface area contributed by atoms with Crippen molar-refractivity contribution < 1.29 is 19.1 Å². The van der Waals surface area contributed by atoms with Crippen LogP contribution in [0.2, 0.25) is 0 Å². The molecule has 25 heavy (non-hydrogen) atoms. The molecule has 0 fully saturated rings. The molecule has 7 heteroatoms. The predicted molar refractivity (Wildman–Crippen MR) is 89.0 cm³/mol. The van der Waals surface area contributed by atoms with E-state index in [0.29, 0.717) is 22.6 Å². The van der Waals surface area contributed by atoms with E-state index in [2.05, 4.69) is 10.3 Å². The van der Waals surface area contributed by atoms with Crippen molar-refractivity contribution in [2.24, 2.45) is 0 Å². The van der Waals surface area contributed by atoms with Crippen LogP contribution in [0.5, 0.6) is 5.88 Å². The Morgan fingerprint density at radius 2 is 1.80 bits per heavy atom. The van der Waals surface area contributed by atoms with E-state index >= 15 is 0 Å². The molecular formula is C18H17N3O4. The minimum Gasteiger partial charge on any atom is -0.481 e. The van der Waals surface area contributed by atoms with Crippen LogP contribution in [-0.4, -0.2) is 40.8 Å². The maximum Gasteiger partial charge on any atom is 0.262 e. The molecule has 1 aliphatic heterocycles. The van der Waals surface area contributed by atoms with Gasteiger partial charge in [0.05, 0.1) is 18.2 Å². The number of rotatable bonds is 5. The lowest BCUT2D eigenvalue weighted by atomic mass is 10.1. The summed E-state index contributed by atoms with van der Waals surface area (Å²) < 4.78 is 5.13. The summed E-state index contributed by atoms with van der Waals surface area (Å²) in [7, 11) is 1.50. The number of nitrogens with zero attached hydrogens (tertiary/aromatic N) is 2. The molecule has 0 saturated heterocycles. The maximum absolute atomic E-state index is 12.4. The number of aromatic nitrogens is 1. The SMILES string of the molecule is COc1ncccc1CNC(=O)C(C)N1C(=O)c2ccccc2C1=O. The third-order valence-corrected chi connectivity index (χ3v) is 4.09. The highest BCUT2D eigenvalue weighted by Crippen LogP contribution is 2.24. The summed E-state index contributed by atoms with van der Waals surface area (Å²) in [5, 5.41) is 2.71. The lowest BCUT2D eigenvalue weighted by Gasteiger charge is -2.21. The molecule has 128 valence electrons. The Kier molecular flexibility index (Phi) is 4.47. The second kappa shape index (κ2) is 6.72. The Bertz CT molecular complexity index is 815. The van der Waals surface area contributed by atoms with Gasteiger partial charge in [0.2, 0.25) is 11.8 Å². The Hall–Kier alpha value is -3.22. The van der Waals surface area contributed by atoms with E-state index in [1.807, 2.05) is 0 Å². The maximum atomic E-state index is 12.4. The molecule has 3 rings (SSSR count). The number of benzene rings is 1. The van der Waals surface area contributed by atoms with Crippen LogP contribution in [0, 0.1) is 0 Å². The summed E-state index contributed by atoms with van der Waals surface area (Å²) in [6.45, 7) is 1.71. The molecule has 1 aliphatic rings. The van der Waals surface area contributed by atoms with E-state index in [1.54, 1.807) is 42.6 Å². The van der Waals surface area contributed by atoms with Crippen LogP contribution >= 0.6 is 0 Å². The first-order valence-corrected chi connectivity index (χ1v) is 7.77. The van der Waals surface area contributed by atoms with Crippen molar-refractivity contribution in [2.45, 2.75) is 19.5 Å². The highest BCUT2D eigenvalue weighted by atomic mass is 16.5. The summed E-state index contributed by atoms with van der Waals surface area (Å²) in [4.78, 5) is 42.3. The summed E-state index contributed by atoms with van der Waals surface area (Å²) in [5.41, 5.74) is 1.34. The normalized spacial score (nSPS) is 14.2. The Labute approximate surface area is 144 Å². The first kappa shape index (κ1) is 16.6. The van der Waals surface area contributed by atoms with Crippen molar-refractivity contribution >= 4 is 17.7 Å². The number of carbonyl (C=O) groups is 3. The summed E-state index contributed by atoms with van der Waals surface area (Å²) in [6, 6.07) is 9.13. The van der Waals surface area contributed by atoms with Gasteiger partial charge in [0.25, 0.3) is 11.8 Å². The van der Waals surface area contributed by atoms with Crippen LogP contribution in [0.4, 0.5) is 0 Å². The number of fused-ring (bicyclic) bond motifs is 1. The van der Waals surface area contributed by atoms with E-state index in [9.17, 15) is 14.4 Å². The molecule has 2 heterocycles. The van der Waals surface area contributed by atoms with Gasteiger partial charge >= 0.3 is 0 Å². The molecule has 1 N–H and O–H groups in total. The van der Waals surface area contributed by atoms with Crippen LogP contribution in [0.3, 0.4) is 0 Å². The van der Waals surface area contributed by atoms with Gasteiger partial charge in [-0.25, -0.2) is 4.98 Å². The molecule has 1 unspecified atom stereocenters. The van der Waals surface area contributed by atoms with Crippen molar-refractivity contribution in [3.05, 3.63) is 59.3 Å². The third-order valence-electron chi connectivity index (χ3n) is 4.09. The van der Waals surface area contributed by atoms with Crippen molar-refractivity contribution in [1.82, 2.24) is 15.2 Å². The van der Waals surface area contributed by atoms with Crippen LogP contribution in [0.15, 0.2) is 42.6 Å². The molecular weight excluding hydrogens is 322 g/mol. The van der Waals surface area contributed by atoms with Crippen LogP contribution in [0.25, 0.3) is 0 Å². The quantitative estimate of drug-likeness (QED) is 0.832. The molecule has 7 nitrogen and oxygen atoms in total. The standard InChI is InChI=1S/C18H17N3O4/c1-11(15(22)20-10-12-6-5-9-19-16(12)25-2)21-17(23)13-7-3-4-8-14(13)18(21)24/h3-9,11H,10H2,1-2H3,(H,20,22). The summed E-state index contributed by atoms with van der Waals surface area (Å²) in [6.07, 6.45) is 1.59. The Balaban J connectivity index is 1.71. The average Bonchev–Trinajstić information content (AvgIpc) is 2.90. The van der Waals surface area contributed by atoms with E-state index in [1.165, 1.54) is 14.0 Å². The zero-order valence-corrected chi connectivity index (χ0v) is 13.9. The van der Waals surface area contributed by atoms with Crippen molar-refractivity contribution in [1.29, 1.82) is 0 Å².